The highest BCUT2D eigenvalue weighted by molar-refractivity contribution is 7.80. The van der Waals surface area contributed by atoms with E-state index in [-0.39, 0.29) is 5.97 Å². The molecule has 130 valence electrons. The molecule has 0 unspecified atom stereocenters. The first-order valence-electron chi connectivity index (χ1n) is 9.21. The fourth-order valence-electron chi connectivity index (χ4n) is 5.42. The van der Waals surface area contributed by atoms with Crippen molar-refractivity contribution in [3.63, 3.8) is 0 Å². The van der Waals surface area contributed by atoms with Crippen molar-refractivity contribution in [1.29, 1.82) is 0 Å². The minimum atomic E-state index is -0.114. The average molecular weight is 339 g/mol. The molecule has 0 aliphatic heterocycles. The highest BCUT2D eigenvalue weighted by Gasteiger charge is 2.51. The van der Waals surface area contributed by atoms with E-state index < -0.39 is 0 Å². The number of nitrogens with one attached hydrogen (secondary N) is 2. The van der Waals surface area contributed by atoms with Crippen LogP contribution in [-0.4, -0.2) is 30.3 Å². The smallest absolute Gasteiger partial charge is 0.305 e. The number of ether oxygens (including phenoxy) is 1. The molecule has 0 saturated heterocycles. The van der Waals surface area contributed by atoms with Crippen molar-refractivity contribution in [2.45, 2.75) is 69.7 Å². The Morgan fingerprint density at radius 1 is 1.09 bits per heavy atom. The normalized spacial score (nSPS) is 34.2. The van der Waals surface area contributed by atoms with E-state index in [0.717, 1.165) is 48.7 Å². The lowest BCUT2D eigenvalue weighted by Gasteiger charge is -2.57. The van der Waals surface area contributed by atoms with E-state index in [4.69, 9.17) is 12.2 Å². The van der Waals surface area contributed by atoms with Crippen molar-refractivity contribution in [3.8, 4) is 0 Å². The van der Waals surface area contributed by atoms with Crippen LogP contribution in [0, 0.1) is 17.8 Å². The van der Waals surface area contributed by atoms with Crippen LogP contribution in [0.15, 0.2) is 0 Å². The third kappa shape index (κ3) is 4.37. The van der Waals surface area contributed by atoms with Gasteiger partial charge in [0.2, 0.25) is 0 Å². The molecular weight excluding hydrogens is 308 g/mol. The van der Waals surface area contributed by atoms with Crippen molar-refractivity contribution in [1.82, 2.24) is 10.6 Å². The van der Waals surface area contributed by atoms with Gasteiger partial charge in [-0.2, -0.15) is 0 Å². The molecule has 2 N–H and O–H groups in total. The van der Waals surface area contributed by atoms with Gasteiger partial charge >= 0.3 is 5.97 Å². The van der Waals surface area contributed by atoms with E-state index in [1.54, 1.807) is 0 Å². The van der Waals surface area contributed by atoms with E-state index in [2.05, 4.69) is 15.4 Å². The molecule has 4 aliphatic rings. The Balaban J connectivity index is 1.33. The summed E-state index contributed by atoms with van der Waals surface area (Å²) in [6.07, 6.45) is 11.8. The number of hydrogen-bond acceptors (Lipinski definition) is 3. The second kappa shape index (κ2) is 7.37. The lowest BCUT2D eigenvalue weighted by molar-refractivity contribution is -0.140. The van der Waals surface area contributed by atoms with Gasteiger partial charge < -0.3 is 15.4 Å². The molecule has 0 spiro atoms. The van der Waals surface area contributed by atoms with Crippen LogP contribution in [-0.2, 0) is 9.53 Å². The van der Waals surface area contributed by atoms with Gasteiger partial charge in [-0.05, 0) is 81.3 Å². The number of carbonyl (C=O) groups is 1. The quantitative estimate of drug-likeness (QED) is 0.424. The molecule has 0 aromatic rings. The first-order chi connectivity index (χ1) is 11.1. The van der Waals surface area contributed by atoms with Gasteiger partial charge in [0, 0.05) is 18.5 Å². The molecule has 4 aliphatic carbocycles. The summed E-state index contributed by atoms with van der Waals surface area (Å²) in [5.41, 5.74) is 0.295. The second-order valence-electron chi connectivity index (χ2n) is 7.97. The van der Waals surface area contributed by atoms with Crippen molar-refractivity contribution < 1.29 is 9.53 Å². The first-order valence-corrected chi connectivity index (χ1v) is 9.62. The third-order valence-corrected chi connectivity index (χ3v) is 6.23. The Kier molecular flexibility index (Phi) is 5.45. The van der Waals surface area contributed by atoms with Gasteiger partial charge in [-0.25, -0.2) is 0 Å². The lowest BCUT2D eigenvalue weighted by Crippen LogP contribution is -2.61. The number of hydrogen-bond donors (Lipinski definition) is 2. The summed E-state index contributed by atoms with van der Waals surface area (Å²) < 4.78 is 4.64. The van der Waals surface area contributed by atoms with E-state index in [0.29, 0.717) is 12.0 Å². The number of rotatable bonds is 7. The summed E-state index contributed by atoms with van der Waals surface area (Å²) in [5.74, 6) is 2.71. The summed E-state index contributed by atoms with van der Waals surface area (Å²) in [6, 6.07) is 0. The van der Waals surface area contributed by atoms with Crippen molar-refractivity contribution in [3.05, 3.63) is 0 Å². The molecule has 0 amide bonds. The van der Waals surface area contributed by atoms with Crippen LogP contribution >= 0.6 is 12.2 Å². The van der Waals surface area contributed by atoms with Crippen LogP contribution in [0.4, 0.5) is 0 Å². The zero-order valence-corrected chi connectivity index (χ0v) is 15.1. The Morgan fingerprint density at radius 3 is 2.26 bits per heavy atom. The monoisotopic (exact) mass is 338 g/mol. The van der Waals surface area contributed by atoms with E-state index >= 15 is 0 Å². The molecule has 4 bridgehead atoms. The maximum Gasteiger partial charge on any atom is 0.305 e. The van der Waals surface area contributed by atoms with Gasteiger partial charge in [0.15, 0.2) is 5.11 Å². The Bertz CT molecular complexity index is 417. The molecule has 0 aromatic carbocycles. The fourth-order valence-corrected chi connectivity index (χ4v) is 5.74. The van der Waals surface area contributed by atoms with Gasteiger partial charge in [-0.1, -0.05) is 6.42 Å². The van der Waals surface area contributed by atoms with Crippen LogP contribution in [0.5, 0.6) is 0 Å². The van der Waals surface area contributed by atoms with Gasteiger partial charge in [-0.3, -0.25) is 4.79 Å². The van der Waals surface area contributed by atoms with E-state index in [1.165, 1.54) is 45.6 Å². The molecule has 0 radical (unpaired) electrons. The van der Waals surface area contributed by atoms with Gasteiger partial charge in [0.05, 0.1) is 7.11 Å². The molecule has 0 heterocycles. The molecule has 4 saturated carbocycles. The zero-order valence-electron chi connectivity index (χ0n) is 14.2. The zero-order chi connectivity index (χ0) is 16.3. The fraction of sp³-hybridized carbons (Fsp3) is 0.889. The number of esters is 1. The maximum atomic E-state index is 11.0. The predicted molar refractivity (Wildman–Crippen MR) is 95.1 cm³/mol. The lowest BCUT2D eigenvalue weighted by atomic mass is 9.53. The first kappa shape index (κ1) is 17.0. The van der Waals surface area contributed by atoms with E-state index in [9.17, 15) is 4.79 Å². The summed E-state index contributed by atoms with van der Waals surface area (Å²) in [7, 11) is 1.44. The standard InChI is InChI=1S/C18H30N2O2S/c1-22-16(21)5-3-2-4-6-19-17(23)20-18-10-13-7-14(11-18)9-15(8-13)12-18/h13-15H,2-12H2,1H3,(H2,19,20,23). The second-order valence-corrected chi connectivity index (χ2v) is 8.37. The topological polar surface area (TPSA) is 50.4 Å². The van der Waals surface area contributed by atoms with Crippen LogP contribution in [0.25, 0.3) is 0 Å². The molecular formula is C18H30N2O2S. The minimum absolute atomic E-state index is 0.114. The highest BCUT2D eigenvalue weighted by atomic mass is 32.1. The van der Waals surface area contributed by atoms with Crippen LogP contribution < -0.4 is 10.6 Å². The summed E-state index contributed by atoms with van der Waals surface area (Å²) in [4.78, 5) is 11.0. The summed E-state index contributed by atoms with van der Waals surface area (Å²) in [6.45, 7) is 0.888. The maximum absolute atomic E-state index is 11.0. The summed E-state index contributed by atoms with van der Waals surface area (Å²) >= 11 is 5.53. The number of unbranched alkanes of at least 4 members (excludes halogenated alkanes) is 2. The molecule has 23 heavy (non-hydrogen) atoms. The molecule has 0 aromatic heterocycles. The molecule has 0 atom stereocenters. The number of thiocarbonyl (C=S) groups is 1. The van der Waals surface area contributed by atoms with Gasteiger partial charge in [0.25, 0.3) is 0 Å². The highest BCUT2D eigenvalue weighted by Crippen LogP contribution is 2.55. The van der Waals surface area contributed by atoms with Crippen molar-refractivity contribution in [2.24, 2.45) is 17.8 Å². The summed E-state index contributed by atoms with van der Waals surface area (Å²) in [5, 5.41) is 7.89. The minimum Gasteiger partial charge on any atom is -0.469 e. The Morgan fingerprint density at radius 2 is 1.70 bits per heavy atom. The predicted octanol–water partition coefficient (Wildman–Crippen LogP) is 3.15. The average Bonchev–Trinajstić information content (AvgIpc) is 2.48. The molecule has 4 nitrogen and oxygen atoms in total. The largest absolute Gasteiger partial charge is 0.469 e. The van der Waals surface area contributed by atoms with E-state index in [1.807, 2.05) is 0 Å². The van der Waals surface area contributed by atoms with Gasteiger partial charge in [-0.15, -0.1) is 0 Å². The molecule has 4 rings (SSSR count). The van der Waals surface area contributed by atoms with Gasteiger partial charge in [0.1, 0.15) is 0 Å². The SMILES string of the molecule is COC(=O)CCCCCNC(=S)NC12CC3CC(CC(C3)C1)C2. The number of methoxy groups -OCH3 is 1. The number of carbonyl (C=O) groups excluding carboxylic acids is 1. The molecule has 5 heteroatoms. The Hall–Kier alpha value is -0.840. The van der Waals surface area contributed by atoms with Crippen molar-refractivity contribution >= 4 is 23.3 Å². The van der Waals surface area contributed by atoms with Crippen LogP contribution in [0.1, 0.15) is 64.2 Å². The third-order valence-electron chi connectivity index (χ3n) is 5.99. The molecule has 4 fully saturated rings. The Labute approximate surface area is 145 Å². The van der Waals surface area contributed by atoms with Crippen LogP contribution in [0.2, 0.25) is 0 Å². The van der Waals surface area contributed by atoms with Crippen LogP contribution in [0.3, 0.4) is 0 Å². The van der Waals surface area contributed by atoms with Crippen molar-refractivity contribution in [2.75, 3.05) is 13.7 Å².